The van der Waals surface area contributed by atoms with E-state index in [-0.39, 0.29) is 5.69 Å². The van der Waals surface area contributed by atoms with Crippen LogP contribution in [0.2, 0.25) is 0 Å². The maximum atomic E-state index is 14.8. The van der Waals surface area contributed by atoms with Crippen LogP contribution in [0.5, 0.6) is 5.75 Å². The van der Waals surface area contributed by atoms with Crippen LogP contribution in [0.1, 0.15) is 18.4 Å². The van der Waals surface area contributed by atoms with Crippen molar-refractivity contribution in [3.8, 4) is 17.0 Å². The van der Waals surface area contributed by atoms with Crippen molar-refractivity contribution in [2.24, 2.45) is 5.73 Å². The second-order valence-corrected chi connectivity index (χ2v) is 5.95. The van der Waals surface area contributed by atoms with Gasteiger partial charge in [0.05, 0.1) is 12.5 Å². The number of benzene rings is 1. The fraction of sp³-hybridized carbons (Fsp3) is 0.333. The van der Waals surface area contributed by atoms with Crippen LogP contribution in [-0.4, -0.2) is 31.1 Å². The molecule has 3 N–H and O–H groups in total. The van der Waals surface area contributed by atoms with Gasteiger partial charge in [-0.05, 0) is 49.7 Å². The zero-order chi connectivity index (χ0) is 17.2. The third-order valence-corrected chi connectivity index (χ3v) is 4.68. The van der Waals surface area contributed by atoms with E-state index < -0.39 is 17.1 Å². The van der Waals surface area contributed by atoms with Crippen LogP contribution in [0.15, 0.2) is 36.5 Å². The van der Waals surface area contributed by atoms with E-state index >= 15 is 0 Å². The molecule has 126 valence electrons. The second-order valence-electron chi connectivity index (χ2n) is 5.95. The molecule has 0 unspecified atom stereocenters. The Labute approximate surface area is 140 Å². The zero-order valence-corrected chi connectivity index (χ0v) is 13.5. The minimum atomic E-state index is -0.863. The lowest BCUT2D eigenvalue weighted by Crippen LogP contribution is -2.48. The largest absolute Gasteiger partial charge is 0.496 e. The molecule has 2 aromatic rings. The number of carbonyl (C=O) groups excluding carboxylic acids is 1. The van der Waals surface area contributed by atoms with E-state index in [2.05, 4.69) is 10.3 Å². The van der Waals surface area contributed by atoms with Crippen molar-refractivity contribution in [1.82, 2.24) is 10.3 Å². The number of hydrogen-bond donors (Lipinski definition) is 2. The predicted octanol–water partition coefficient (Wildman–Crippen LogP) is 2.00. The molecule has 1 fully saturated rings. The highest BCUT2D eigenvalue weighted by Gasteiger charge is 2.40. The number of primary amides is 1. The first-order valence-corrected chi connectivity index (χ1v) is 7.88. The molecule has 1 aliphatic heterocycles. The maximum absolute atomic E-state index is 14.8. The molecule has 5 nitrogen and oxygen atoms in total. The van der Waals surface area contributed by atoms with Crippen molar-refractivity contribution in [1.29, 1.82) is 0 Å². The van der Waals surface area contributed by atoms with Gasteiger partial charge in [-0.25, -0.2) is 4.39 Å². The summed E-state index contributed by atoms with van der Waals surface area (Å²) in [6, 6.07) is 8.49. The summed E-state index contributed by atoms with van der Waals surface area (Å²) in [6.45, 7) is 1.33. The molecule has 1 aromatic heterocycles. The molecule has 1 aliphatic rings. The fourth-order valence-electron chi connectivity index (χ4n) is 3.27. The van der Waals surface area contributed by atoms with E-state index in [1.54, 1.807) is 24.4 Å². The lowest BCUT2D eigenvalue weighted by molar-refractivity contribution is -0.124. The smallest absolute Gasteiger partial charge is 0.228 e. The number of methoxy groups -OCH3 is 1. The van der Waals surface area contributed by atoms with Crippen LogP contribution >= 0.6 is 0 Å². The number of nitrogens with zero attached hydrogens (tertiary/aromatic N) is 1. The van der Waals surface area contributed by atoms with E-state index in [9.17, 15) is 9.18 Å². The van der Waals surface area contributed by atoms with Crippen LogP contribution in [-0.2, 0) is 10.2 Å². The first-order valence-electron chi connectivity index (χ1n) is 7.88. The molecule has 24 heavy (non-hydrogen) atoms. The van der Waals surface area contributed by atoms with Gasteiger partial charge >= 0.3 is 0 Å². The van der Waals surface area contributed by atoms with Gasteiger partial charge in [0.15, 0.2) is 0 Å². The quantitative estimate of drug-likeness (QED) is 0.899. The number of carbonyl (C=O) groups is 1. The number of piperidine rings is 1. The standard InChI is InChI=1S/C18H20FN3O2/c1-24-15-5-3-2-4-13(15)16-14(19)10-12(11-22-16)18(17(20)23)6-8-21-9-7-18/h2-5,10-11,21H,6-9H2,1H3,(H2,20,23). The summed E-state index contributed by atoms with van der Waals surface area (Å²) >= 11 is 0. The Bertz CT molecular complexity index is 758. The van der Waals surface area contributed by atoms with E-state index in [0.29, 0.717) is 42.8 Å². The third kappa shape index (κ3) is 2.73. The number of ether oxygens (including phenoxy) is 1. The lowest BCUT2D eigenvalue weighted by Gasteiger charge is -2.35. The maximum Gasteiger partial charge on any atom is 0.228 e. The molecule has 0 saturated carbocycles. The number of para-hydroxylation sites is 1. The summed E-state index contributed by atoms with van der Waals surface area (Å²) in [5.74, 6) is -0.380. The molecule has 0 radical (unpaired) electrons. The van der Waals surface area contributed by atoms with Crippen molar-refractivity contribution < 1.29 is 13.9 Å². The number of aromatic nitrogens is 1. The van der Waals surface area contributed by atoms with Gasteiger partial charge in [-0.1, -0.05) is 12.1 Å². The Hall–Kier alpha value is -2.47. The lowest BCUT2D eigenvalue weighted by atomic mass is 9.73. The van der Waals surface area contributed by atoms with Gasteiger partial charge in [0.25, 0.3) is 0 Å². The summed E-state index contributed by atoms with van der Waals surface area (Å²) in [7, 11) is 1.53. The van der Waals surface area contributed by atoms with Gasteiger partial charge < -0.3 is 15.8 Å². The fourth-order valence-corrected chi connectivity index (χ4v) is 3.27. The average Bonchev–Trinajstić information content (AvgIpc) is 2.62. The number of hydrogen-bond acceptors (Lipinski definition) is 4. The van der Waals surface area contributed by atoms with E-state index in [4.69, 9.17) is 10.5 Å². The number of nitrogens with two attached hydrogens (primary N) is 1. The minimum Gasteiger partial charge on any atom is -0.496 e. The van der Waals surface area contributed by atoms with Crippen LogP contribution in [0.3, 0.4) is 0 Å². The number of rotatable bonds is 4. The van der Waals surface area contributed by atoms with Crippen molar-refractivity contribution in [2.75, 3.05) is 20.2 Å². The van der Waals surface area contributed by atoms with Gasteiger partial charge in [0.1, 0.15) is 17.3 Å². The number of halogens is 1. The topological polar surface area (TPSA) is 77.2 Å². The Morgan fingerprint density at radius 1 is 1.33 bits per heavy atom. The molecular formula is C18H20FN3O2. The van der Waals surface area contributed by atoms with Gasteiger partial charge in [0.2, 0.25) is 5.91 Å². The Morgan fingerprint density at radius 2 is 2.04 bits per heavy atom. The summed E-state index contributed by atoms with van der Waals surface area (Å²) < 4.78 is 20.0. The molecule has 2 heterocycles. The van der Waals surface area contributed by atoms with Gasteiger partial charge in [0, 0.05) is 11.8 Å². The van der Waals surface area contributed by atoms with Gasteiger partial charge in [-0.2, -0.15) is 0 Å². The highest BCUT2D eigenvalue weighted by atomic mass is 19.1. The molecule has 0 aliphatic carbocycles. The first kappa shape index (κ1) is 16.4. The number of amides is 1. The number of pyridine rings is 1. The molecule has 0 spiro atoms. The summed E-state index contributed by atoms with van der Waals surface area (Å²) in [5.41, 5.74) is 6.08. The van der Waals surface area contributed by atoms with Crippen LogP contribution in [0.25, 0.3) is 11.3 Å². The second kappa shape index (κ2) is 6.57. The summed E-state index contributed by atoms with van der Waals surface area (Å²) in [4.78, 5) is 16.3. The summed E-state index contributed by atoms with van der Waals surface area (Å²) in [5, 5.41) is 3.19. The minimum absolute atomic E-state index is 0.199. The van der Waals surface area contributed by atoms with E-state index in [1.165, 1.54) is 13.2 Å². The highest BCUT2D eigenvalue weighted by Crippen LogP contribution is 2.36. The normalized spacial score (nSPS) is 16.6. The Kier molecular flexibility index (Phi) is 4.49. The van der Waals surface area contributed by atoms with Crippen LogP contribution in [0, 0.1) is 5.82 Å². The van der Waals surface area contributed by atoms with E-state index in [0.717, 1.165) is 0 Å². The van der Waals surface area contributed by atoms with Gasteiger partial charge in [-0.3, -0.25) is 9.78 Å². The van der Waals surface area contributed by atoms with Gasteiger partial charge in [-0.15, -0.1) is 0 Å². The molecule has 1 saturated heterocycles. The third-order valence-electron chi connectivity index (χ3n) is 4.68. The van der Waals surface area contributed by atoms with Crippen molar-refractivity contribution in [3.63, 3.8) is 0 Å². The molecular weight excluding hydrogens is 309 g/mol. The van der Waals surface area contributed by atoms with E-state index in [1.807, 2.05) is 6.07 Å². The van der Waals surface area contributed by atoms with Crippen molar-refractivity contribution in [3.05, 3.63) is 47.9 Å². The molecule has 3 rings (SSSR count). The SMILES string of the molecule is COc1ccccc1-c1ncc(C2(C(N)=O)CCNCC2)cc1F. The summed E-state index contributed by atoms with van der Waals surface area (Å²) in [6.07, 6.45) is 2.63. The number of nitrogens with one attached hydrogen (secondary N) is 1. The van der Waals surface area contributed by atoms with Crippen LogP contribution in [0.4, 0.5) is 4.39 Å². The first-order chi connectivity index (χ1) is 11.6. The predicted molar refractivity (Wildman–Crippen MR) is 89.2 cm³/mol. The molecule has 1 amide bonds. The van der Waals surface area contributed by atoms with Crippen molar-refractivity contribution in [2.45, 2.75) is 18.3 Å². The van der Waals surface area contributed by atoms with Crippen LogP contribution < -0.4 is 15.8 Å². The van der Waals surface area contributed by atoms with Crippen molar-refractivity contribution >= 4 is 5.91 Å². The molecule has 0 atom stereocenters. The molecule has 0 bridgehead atoms. The average molecular weight is 329 g/mol. The monoisotopic (exact) mass is 329 g/mol. The molecule has 6 heteroatoms. The zero-order valence-electron chi connectivity index (χ0n) is 13.5. The Morgan fingerprint density at radius 3 is 2.67 bits per heavy atom. The highest BCUT2D eigenvalue weighted by molar-refractivity contribution is 5.87. The Balaban J connectivity index is 2.05. The molecule has 1 aromatic carbocycles.